The Hall–Kier alpha value is -0.630. The molecule has 1 N–H and O–H groups in total. The second kappa shape index (κ2) is 6.19. The van der Waals surface area contributed by atoms with Crippen LogP contribution in [0.1, 0.15) is 51.4 Å². The van der Waals surface area contributed by atoms with E-state index in [1.807, 2.05) is 0 Å². The molecule has 16 heavy (non-hydrogen) atoms. The molecule has 1 aliphatic heterocycles. The summed E-state index contributed by atoms with van der Waals surface area (Å²) in [5.41, 5.74) is 1.13. The van der Waals surface area contributed by atoms with Crippen molar-refractivity contribution in [3.05, 3.63) is 11.6 Å². The SMILES string of the molecule is O=C(CC1CCNC1)C1=CCCCCCC1. The number of hydrogen-bond donors (Lipinski definition) is 1. The first-order valence-electron chi connectivity index (χ1n) is 6.79. The third kappa shape index (κ3) is 3.44. The number of rotatable bonds is 3. The lowest BCUT2D eigenvalue weighted by molar-refractivity contribution is -0.116. The molecule has 1 aliphatic carbocycles. The van der Waals surface area contributed by atoms with E-state index in [4.69, 9.17) is 0 Å². The summed E-state index contributed by atoms with van der Waals surface area (Å²) < 4.78 is 0. The zero-order valence-corrected chi connectivity index (χ0v) is 10.1. The Morgan fingerprint density at radius 1 is 1.31 bits per heavy atom. The van der Waals surface area contributed by atoms with E-state index in [1.54, 1.807) is 0 Å². The molecule has 0 radical (unpaired) electrons. The predicted octanol–water partition coefficient (Wildman–Crippen LogP) is 2.84. The van der Waals surface area contributed by atoms with Gasteiger partial charge in [0, 0.05) is 6.42 Å². The Balaban J connectivity index is 1.85. The van der Waals surface area contributed by atoms with Crippen molar-refractivity contribution in [2.75, 3.05) is 13.1 Å². The van der Waals surface area contributed by atoms with Crippen LogP contribution in [0.3, 0.4) is 0 Å². The summed E-state index contributed by atoms with van der Waals surface area (Å²) in [6.45, 7) is 2.13. The fraction of sp³-hybridized carbons (Fsp3) is 0.786. The Labute approximate surface area is 98.5 Å². The summed E-state index contributed by atoms with van der Waals surface area (Å²) in [6, 6.07) is 0. The lowest BCUT2D eigenvalue weighted by Crippen LogP contribution is -2.14. The Morgan fingerprint density at radius 2 is 2.19 bits per heavy atom. The summed E-state index contributed by atoms with van der Waals surface area (Å²) in [5.74, 6) is 1.02. The minimum absolute atomic E-state index is 0.426. The third-order valence-electron chi connectivity index (χ3n) is 3.79. The monoisotopic (exact) mass is 221 g/mol. The van der Waals surface area contributed by atoms with E-state index in [1.165, 1.54) is 32.1 Å². The molecule has 1 saturated heterocycles. The van der Waals surface area contributed by atoms with Crippen molar-refractivity contribution in [1.82, 2.24) is 5.32 Å². The standard InChI is InChI=1S/C14H23NO/c16-14(10-12-8-9-15-11-12)13-6-4-2-1-3-5-7-13/h6,12,15H,1-5,7-11H2. The van der Waals surface area contributed by atoms with Crippen LogP contribution in [0.25, 0.3) is 0 Å². The molecule has 0 aromatic rings. The summed E-state index contributed by atoms with van der Waals surface area (Å²) in [5, 5.41) is 3.33. The minimum atomic E-state index is 0.426. The van der Waals surface area contributed by atoms with Crippen LogP contribution in [-0.2, 0) is 4.79 Å². The van der Waals surface area contributed by atoms with Crippen molar-refractivity contribution in [3.8, 4) is 0 Å². The number of carbonyl (C=O) groups is 1. The van der Waals surface area contributed by atoms with Crippen molar-refractivity contribution in [1.29, 1.82) is 0 Å². The molecule has 1 heterocycles. The van der Waals surface area contributed by atoms with Gasteiger partial charge in [0.2, 0.25) is 0 Å². The fourth-order valence-corrected chi connectivity index (χ4v) is 2.73. The maximum absolute atomic E-state index is 12.1. The summed E-state index contributed by atoms with van der Waals surface area (Å²) in [6.07, 6.45) is 11.4. The van der Waals surface area contributed by atoms with Gasteiger partial charge in [-0.3, -0.25) is 4.79 Å². The zero-order chi connectivity index (χ0) is 11.2. The number of ketones is 1. The molecule has 2 nitrogen and oxygen atoms in total. The van der Waals surface area contributed by atoms with Gasteiger partial charge < -0.3 is 5.32 Å². The summed E-state index contributed by atoms with van der Waals surface area (Å²) in [4.78, 5) is 12.1. The molecule has 2 rings (SSSR count). The number of Topliss-reactive ketones (excluding diaryl/α,β-unsaturated/α-hetero) is 1. The number of nitrogens with one attached hydrogen (secondary N) is 1. The van der Waals surface area contributed by atoms with Crippen LogP contribution in [0.4, 0.5) is 0 Å². The third-order valence-corrected chi connectivity index (χ3v) is 3.79. The highest BCUT2D eigenvalue weighted by atomic mass is 16.1. The van der Waals surface area contributed by atoms with E-state index in [-0.39, 0.29) is 0 Å². The van der Waals surface area contributed by atoms with Gasteiger partial charge >= 0.3 is 0 Å². The molecular weight excluding hydrogens is 198 g/mol. The highest BCUT2D eigenvalue weighted by molar-refractivity contribution is 5.95. The second-order valence-electron chi connectivity index (χ2n) is 5.17. The molecular formula is C14H23NO. The molecule has 0 bridgehead atoms. The van der Waals surface area contributed by atoms with Gasteiger partial charge in [-0.2, -0.15) is 0 Å². The second-order valence-corrected chi connectivity index (χ2v) is 5.17. The molecule has 0 aromatic heterocycles. The molecule has 0 aromatic carbocycles. The van der Waals surface area contributed by atoms with Crippen molar-refractivity contribution >= 4 is 5.78 Å². The molecule has 0 spiro atoms. The van der Waals surface area contributed by atoms with Gasteiger partial charge in [0.1, 0.15) is 0 Å². The first-order chi connectivity index (χ1) is 7.86. The maximum Gasteiger partial charge on any atom is 0.158 e. The molecule has 2 aliphatic rings. The van der Waals surface area contributed by atoms with Crippen LogP contribution in [0.2, 0.25) is 0 Å². The van der Waals surface area contributed by atoms with Crippen molar-refractivity contribution in [2.45, 2.75) is 51.4 Å². The van der Waals surface area contributed by atoms with Crippen LogP contribution in [0.5, 0.6) is 0 Å². The number of allylic oxidation sites excluding steroid dienone is 2. The average molecular weight is 221 g/mol. The van der Waals surface area contributed by atoms with Crippen LogP contribution >= 0.6 is 0 Å². The maximum atomic E-state index is 12.1. The van der Waals surface area contributed by atoms with Crippen LogP contribution in [0, 0.1) is 5.92 Å². The van der Waals surface area contributed by atoms with E-state index < -0.39 is 0 Å². The molecule has 1 atom stereocenters. The van der Waals surface area contributed by atoms with Crippen molar-refractivity contribution in [3.63, 3.8) is 0 Å². The Bertz CT molecular complexity index is 264. The molecule has 1 fully saturated rings. The lowest BCUT2D eigenvalue weighted by atomic mass is 9.92. The highest BCUT2D eigenvalue weighted by Gasteiger charge is 2.20. The molecule has 1 unspecified atom stereocenters. The van der Waals surface area contributed by atoms with Gasteiger partial charge in [-0.05, 0) is 56.7 Å². The minimum Gasteiger partial charge on any atom is -0.316 e. The van der Waals surface area contributed by atoms with Crippen LogP contribution in [0.15, 0.2) is 11.6 Å². The predicted molar refractivity (Wildman–Crippen MR) is 66.4 cm³/mol. The molecule has 0 amide bonds. The van der Waals surface area contributed by atoms with E-state index >= 15 is 0 Å². The first-order valence-corrected chi connectivity index (χ1v) is 6.79. The highest BCUT2D eigenvalue weighted by Crippen LogP contribution is 2.21. The summed E-state index contributed by atoms with van der Waals surface area (Å²) in [7, 11) is 0. The largest absolute Gasteiger partial charge is 0.316 e. The van der Waals surface area contributed by atoms with E-state index in [2.05, 4.69) is 11.4 Å². The number of carbonyl (C=O) groups excluding carboxylic acids is 1. The Morgan fingerprint density at radius 3 is 3.00 bits per heavy atom. The van der Waals surface area contributed by atoms with Gasteiger partial charge in [0.25, 0.3) is 0 Å². The van der Waals surface area contributed by atoms with Crippen molar-refractivity contribution in [2.24, 2.45) is 5.92 Å². The van der Waals surface area contributed by atoms with E-state index in [9.17, 15) is 4.79 Å². The zero-order valence-electron chi connectivity index (χ0n) is 10.1. The van der Waals surface area contributed by atoms with Gasteiger partial charge in [0.15, 0.2) is 5.78 Å². The van der Waals surface area contributed by atoms with Crippen LogP contribution < -0.4 is 5.32 Å². The first kappa shape index (κ1) is 11.8. The average Bonchev–Trinajstić information content (AvgIpc) is 2.69. The summed E-state index contributed by atoms with van der Waals surface area (Å²) >= 11 is 0. The fourth-order valence-electron chi connectivity index (χ4n) is 2.73. The molecule has 90 valence electrons. The van der Waals surface area contributed by atoms with Gasteiger partial charge in [-0.15, -0.1) is 0 Å². The van der Waals surface area contributed by atoms with Gasteiger partial charge in [-0.25, -0.2) is 0 Å². The van der Waals surface area contributed by atoms with Gasteiger partial charge in [0.05, 0.1) is 0 Å². The Kier molecular flexibility index (Phi) is 4.58. The van der Waals surface area contributed by atoms with Crippen LogP contribution in [-0.4, -0.2) is 18.9 Å². The number of hydrogen-bond acceptors (Lipinski definition) is 2. The van der Waals surface area contributed by atoms with E-state index in [0.717, 1.165) is 37.9 Å². The van der Waals surface area contributed by atoms with Crippen molar-refractivity contribution < 1.29 is 4.79 Å². The topological polar surface area (TPSA) is 29.1 Å². The quantitative estimate of drug-likeness (QED) is 0.794. The van der Waals surface area contributed by atoms with E-state index in [0.29, 0.717) is 11.7 Å². The van der Waals surface area contributed by atoms with Gasteiger partial charge in [-0.1, -0.05) is 18.9 Å². The normalized spacial score (nSPS) is 27.0. The lowest BCUT2D eigenvalue weighted by Gasteiger charge is -2.12. The smallest absolute Gasteiger partial charge is 0.158 e. The molecule has 2 heteroatoms. The molecule has 0 saturated carbocycles.